The van der Waals surface area contributed by atoms with E-state index in [1.165, 1.54) is 44.1 Å². The lowest BCUT2D eigenvalue weighted by atomic mass is 9.72. The Balaban J connectivity index is 1.33. The quantitative estimate of drug-likeness (QED) is 0.182. The van der Waals surface area contributed by atoms with Crippen molar-refractivity contribution in [2.45, 2.75) is 115 Å². The molecule has 6 nitrogen and oxygen atoms in total. The van der Waals surface area contributed by atoms with E-state index in [0.717, 1.165) is 81.5 Å². The smallest absolute Gasteiger partial charge is 0.329 e. The van der Waals surface area contributed by atoms with Gasteiger partial charge in [-0.05, 0) is 68.1 Å². The van der Waals surface area contributed by atoms with Gasteiger partial charge >= 0.3 is 5.97 Å². The molecule has 0 radical (unpaired) electrons. The minimum Gasteiger partial charge on any atom is -0.480 e. The van der Waals surface area contributed by atoms with Crippen molar-refractivity contribution in [1.29, 1.82) is 0 Å². The summed E-state index contributed by atoms with van der Waals surface area (Å²) < 4.78 is 6.35. The van der Waals surface area contributed by atoms with Gasteiger partial charge in [-0.25, -0.2) is 9.78 Å². The van der Waals surface area contributed by atoms with Gasteiger partial charge in [0.1, 0.15) is 11.4 Å². The number of nitrogens with zero attached hydrogens (tertiary/aromatic N) is 2. The van der Waals surface area contributed by atoms with Crippen molar-refractivity contribution in [2.75, 3.05) is 31.6 Å². The maximum atomic E-state index is 13.3. The van der Waals surface area contributed by atoms with Crippen LogP contribution in [0.25, 0.3) is 0 Å². The lowest BCUT2D eigenvalue weighted by Crippen LogP contribution is -2.56. The fraction of sp³-hybridized carbons (Fsp3) is 0.657. The van der Waals surface area contributed by atoms with E-state index >= 15 is 0 Å². The summed E-state index contributed by atoms with van der Waals surface area (Å²) in [4.78, 5) is 20.4. The molecule has 3 unspecified atom stereocenters. The Morgan fingerprint density at radius 3 is 2.66 bits per heavy atom. The number of pyridine rings is 1. The number of fused-ring (bicyclic) bond motifs is 1. The largest absolute Gasteiger partial charge is 0.480 e. The van der Waals surface area contributed by atoms with Crippen LogP contribution in [0.5, 0.6) is 0 Å². The number of rotatable bonds is 18. The van der Waals surface area contributed by atoms with E-state index in [9.17, 15) is 9.90 Å². The van der Waals surface area contributed by atoms with Crippen molar-refractivity contribution >= 4 is 11.8 Å². The number of ether oxygens (including phenoxy) is 1. The van der Waals surface area contributed by atoms with E-state index in [4.69, 9.17) is 9.72 Å². The molecular weight excluding hydrogens is 510 g/mol. The second kappa shape index (κ2) is 16.3. The Morgan fingerprint density at radius 1 is 1.07 bits per heavy atom. The molecule has 2 N–H and O–H groups in total. The molecule has 3 atom stereocenters. The van der Waals surface area contributed by atoms with Gasteiger partial charge in [0.15, 0.2) is 0 Å². The fourth-order valence-corrected chi connectivity index (χ4v) is 7.03. The Morgan fingerprint density at radius 2 is 1.88 bits per heavy atom. The first-order valence-electron chi connectivity index (χ1n) is 16.5. The first-order valence-corrected chi connectivity index (χ1v) is 16.5. The highest BCUT2D eigenvalue weighted by molar-refractivity contribution is 5.81. The number of unbranched alkanes of at least 4 members (excludes halogenated alkanes) is 6. The van der Waals surface area contributed by atoms with Crippen LogP contribution in [0.1, 0.15) is 108 Å². The third-order valence-electron chi connectivity index (χ3n) is 9.31. The molecule has 2 aromatic rings. The Labute approximate surface area is 248 Å². The summed E-state index contributed by atoms with van der Waals surface area (Å²) >= 11 is 0. The number of hydrogen-bond acceptors (Lipinski definition) is 5. The molecule has 226 valence electrons. The van der Waals surface area contributed by atoms with Gasteiger partial charge in [-0.1, -0.05) is 95.2 Å². The summed E-state index contributed by atoms with van der Waals surface area (Å²) in [6, 6.07) is 14.4. The molecule has 0 spiro atoms. The van der Waals surface area contributed by atoms with Crippen LogP contribution in [0.3, 0.4) is 0 Å². The van der Waals surface area contributed by atoms with E-state index in [1.807, 2.05) is 30.3 Å². The molecule has 1 saturated heterocycles. The minimum atomic E-state index is -1.01. The lowest BCUT2D eigenvalue weighted by Gasteiger charge is -2.44. The zero-order chi connectivity index (χ0) is 28.9. The first-order chi connectivity index (χ1) is 20.1. The molecule has 6 heteroatoms. The van der Waals surface area contributed by atoms with Gasteiger partial charge in [-0.15, -0.1) is 0 Å². The Hall–Kier alpha value is -2.44. The van der Waals surface area contributed by atoms with E-state index in [0.29, 0.717) is 13.2 Å². The van der Waals surface area contributed by atoms with Gasteiger partial charge in [-0.2, -0.15) is 0 Å². The van der Waals surface area contributed by atoms with Gasteiger partial charge in [0.25, 0.3) is 0 Å². The average Bonchev–Trinajstić information content (AvgIpc) is 3.47. The highest BCUT2D eigenvalue weighted by Crippen LogP contribution is 2.43. The summed E-state index contributed by atoms with van der Waals surface area (Å²) in [5.74, 6) is 0.415. The van der Waals surface area contributed by atoms with Crippen LogP contribution in [0.2, 0.25) is 0 Å². The molecule has 1 aromatic carbocycles. The topological polar surface area (TPSA) is 74.7 Å². The summed E-state index contributed by atoms with van der Waals surface area (Å²) in [5.41, 5.74) is 2.39. The van der Waals surface area contributed by atoms with Gasteiger partial charge in [0.05, 0.1) is 6.10 Å². The summed E-state index contributed by atoms with van der Waals surface area (Å²) in [6.45, 7) is 7.56. The number of carboxylic acids is 1. The second-order valence-electron chi connectivity index (χ2n) is 12.1. The van der Waals surface area contributed by atoms with Crippen molar-refractivity contribution in [2.24, 2.45) is 5.92 Å². The van der Waals surface area contributed by atoms with Crippen molar-refractivity contribution < 1.29 is 14.6 Å². The fourth-order valence-electron chi connectivity index (χ4n) is 7.03. The number of carboxylic acid groups (broad SMARTS) is 1. The van der Waals surface area contributed by atoms with Crippen molar-refractivity contribution in [3.8, 4) is 0 Å². The summed E-state index contributed by atoms with van der Waals surface area (Å²) in [5, 5.41) is 14.4. The molecule has 2 aliphatic rings. The number of nitrogens with one attached hydrogen (secondary N) is 1. The van der Waals surface area contributed by atoms with Crippen LogP contribution in [0.15, 0.2) is 42.5 Å². The van der Waals surface area contributed by atoms with Crippen LogP contribution in [0.4, 0.5) is 5.82 Å². The highest BCUT2D eigenvalue weighted by Gasteiger charge is 2.53. The van der Waals surface area contributed by atoms with Gasteiger partial charge < -0.3 is 15.2 Å². The molecule has 0 bridgehead atoms. The molecule has 0 aliphatic carbocycles. The van der Waals surface area contributed by atoms with Crippen LogP contribution < -0.4 is 5.32 Å². The summed E-state index contributed by atoms with van der Waals surface area (Å²) in [6.07, 6.45) is 15.4. The van der Waals surface area contributed by atoms with Crippen LogP contribution in [0, 0.1) is 5.92 Å². The predicted octanol–water partition coefficient (Wildman–Crippen LogP) is 7.61. The molecule has 1 aromatic heterocycles. The maximum absolute atomic E-state index is 13.3. The van der Waals surface area contributed by atoms with Gasteiger partial charge in [-0.3, -0.25) is 4.90 Å². The molecule has 1 fully saturated rings. The minimum absolute atomic E-state index is 0.0610. The third kappa shape index (κ3) is 8.10. The number of benzene rings is 1. The molecule has 3 heterocycles. The number of carbonyl (C=O) groups is 1. The zero-order valence-corrected chi connectivity index (χ0v) is 25.6. The van der Waals surface area contributed by atoms with Crippen LogP contribution in [-0.2, 0) is 27.9 Å². The van der Waals surface area contributed by atoms with Crippen molar-refractivity contribution in [3.63, 3.8) is 0 Å². The van der Waals surface area contributed by atoms with E-state index in [2.05, 4.69) is 36.2 Å². The number of hydrogen-bond donors (Lipinski definition) is 2. The molecule has 4 rings (SSSR count). The number of aromatic nitrogens is 1. The zero-order valence-electron chi connectivity index (χ0n) is 25.6. The molecule has 0 amide bonds. The lowest BCUT2D eigenvalue weighted by molar-refractivity contribution is -0.157. The SMILES string of the molecule is CCCCCCCCC(CC)C(C(=O)O)(c1ccccc1)N1CCC(OCCCCc2ccc3c(n2)NCCC3)C1. The number of anilines is 1. The Kier molecular flexibility index (Phi) is 12.5. The maximum Gasteiger partial charge on any atom is 0.329 e. The predicted molar refractivity (Wildman–Crippen MR) is 167 cm³/mol. The van der Waals surface area contributed by atoms with Gasteiger partial charge in [0, 0.05) is 31.9 Å². The van der Waals surface area contributed by atoms with Crippen molar-refractivity contribution in [1.82, 2.24) is 9.88 Å². The number of likely N-dealkylation sites (tertiary alicyclic amines) is 1. The molecule has 0 saturated carbocycles. The van der Waals surface area contributed by atoms with Crippen LogP contribution in [-0.4, -0.2) is 53.3 Å². The third-order valence-corrected chi connectivity index (χ3v) is 9.31. The standard InChI is InChI=1S/C35H53N3O3/c1-3-5-6-7-8-10-17-29(4-2)35(34(39)40,30-18-11-9-12-19-30)38-25-23-32(27-38)41-26-14-13-20-31-22-21-28-16-15-24-36-33(28)37-31/h9,11-12,18-19,21-22,29,32H,3-8,10,13-17,20,23-27H2,1-2H3,(H,36,37)(H,39,40). The number of aliphatic carboxylic acids is 1. The van der Waals surface area contributed by atoms with Gasteiger partial charge in [0.2, 0.25) is 0 Å². The average molecular weight is 564 g/mol. The highest BCUT2D eigenvalue weighted by atomic mass is 16.5. The van der Waals surface area contributed by atoms with E-state index in [-0.39, 0.29) is 12.0 Å². The first kappa shape index (κ1) is 31.5. The Bertz CT molecular complexity index is 1060. The molecular formula is C35H53N3O3. The van der Waals surface area contributed by atoms with E-state index in [1.54, 1.807) is 0 Å². The second-order valence-corrected chi connectivity index (χ2v) is 12.1. The van der Waals surface area contributed by atoms with Crippen molar-refractivity contribution in [3.05, 3.63) is 59.3 Å². The van der Waals surface area contributed by atoms with Crippen LogP contribution >= 0.6 is 0 Å². The molecule has 2 aliphatic heterocycles. The number of aryl methyl sites for hydroxylation is 2. The molecule has 41 heavy (non-hydrogen) atoms. The monoisotopic (exact) mass is 563 g/mol. The normalized spacial score (nSPS) is 19.3. The van der Waals surface area contributed by atoms with E-state index < -0.39 is 11.5 Å². The summed E-state index contributed by atoms with van der Waals surface area (Å²) in [7, 11) is 0.